The largest absolute Gasteiger partial charge is 0.497 e. The number of fused-ring (bicyclic) bond motifs is 1. The maximum Gasteiger partial charge on any atom is 0.231 e. The number of pyridine rings is 1. The van der Waals surface area contributed by atoms with Crippen molar-refractivity contribution in [3.05, 3.63) is 53.9 Å². The molecule has 1 aliphatic rings. The van der Waals surface area contributed by atoms with E-state index in [9.17, 15) is 9.59 Å². The van der Waals surface area contributed by atoms with Gasteiger partial charge in [-0.1, -0.05) is 6.07 Å². The van der Waals surface area contributed by atoms with Gasteiger partial charge in [0.05, 0.1) is 19.6 Å². The van der Waals surface area contributed by atoms with Crippen LogP contribution in [0.3, 0.4) is 0 Å². The van der Waals surface area contributed by atoms with Gasteiger partial charge >= 0.3 is 0 Å². The van der Waals surface area contributed by atoms with E-state index in [1.54, 1.807) is 43.6 Å². The Labute approximate surface area is 158 Å². The quantitative estimate of drug-likeness (QED) is 0.809. The molecule has 1 aliphatic heterocycles. The lowest BCUT2D eigenvalue weighted by atomic mass is 9.89. The van der Waals surface area contributed by atoms with Crippen molar-refractivity contribution in [1.82, 2.24) is 9.88 Å². The van der Waals surface area contributed by atoms with Crippen molar-refractivity contribution in [2.24, 2.45) is 0 Å². The minimum atomic E-state index is -0.558. The predicted molar refractivity (Wildman–Crippen MR) is 101 cm³/mol. The van der Waals surface area contributed by atoms with Gasteiger partial charge in [-0.2, -0.15) is 0 Å². The van der Waals surface area contributed by atoms with Crippen LogP contribution in [0.15, 0.2) is 42.7 Å². The highest BCUT2D eigenvalue weighted by atomic mass is 16.5. The van der Waals surface area contributed by atoms with Gasteiger partial charge in [0.25, 0.3) is 0 Å². The molecule has 0 spiro atoms. The number of aromatic nitrogens is 1. The SMILES string of the molecule is COCCN(Cc1cccnc1)C(=O)C1CC(=O)Nc2ccc(OC)cc21. The summed E-state index contributed by atoms with van der Waals surface area (Å²) in [6.07, 6.45) is 3.53. The lowest BCUT2D eigenvalue weighted by Gasteiger charge is -2.31. The van der Waals surface area contributed by atoms with Gasteiger partial charge in [-0.05, 0) is 35.4 Å². The molecular formula is C20H23N3O4. The van der Waals surface area contributed by atoms with Crippen LogP contribution in [0.2, 0.25) is 0 Å². The second kappa shape index (κ2) is 8.64. The first-order chi connectivity index (χ1) is 13.1. The number of hydrogen-bond donors (Lipinski definition) is 1. The predicted octanol–water partition coefficient (Wildman–Crippen LogP) is 2.19. The van der Waals surface area contributed by atoms with Crippen LogP contribution in [0.4, 0.5) is 5.69 Å². The molecule has 7 heteroatoms. The molecular weight excluding hydrogens is 346 g/mol. The highest BCUT2D eigenvalue weighted by molar-refractivity contribution is 6.01. The fourth-order valence-electron chi connectivity index (χ4n) is 3.19. The maximum atomic E-state index is 13.3. The van der Waals surface area contributed by atoms with E-state index >= 15 is 0 Å². The van der Waals surface area contributed by atoms with Crippen molar-refractivity contribution < 1.29 is 19.1 Å². The van der Waals surface area contributed by atoms with E-state index in [4.69, 9.17) is 9.47 Å². The van der Waals surface area contributed by atoms with E-state index in [2.05, 4.69) is 10.3 Å². The molecule has 0 aliphatic carbocycles. The molecule has 0 radical (unpaired) electrons. The summed E-state index contributed by atoms with van der Waals surface area (Å²) in [6.45, 7) is 1.25. The smallest absolute Gasteiger partial charge is 0.231 e. The van der Waals surface area contributed by atoms with E-state index < -0.39 is 5.92 Å². The second-order valence-electron chi connectivity index (χ2n) is 6.37. The zero-order valence-electron chi connectivity index (χ0n) is 15.5. The third kappa shape index (κ3) is 4.43. The number of ether oxygens (including phenoxy) is 2. The molecule has 142 valence electrons. The van der Waals surface area contributed by atoms with Crippen molar-refractivity contribution in [3.8, 4) is 5.75 Å². The summed E-state index contributed by atoms with van der Waals surface area (Å²) in [5.74, 6) is -0.185. The zero-order chi connectivity index (χ0) is 19.2. The zero-order valence-corrected chi connectivity index (χ0v) is 15.5. The van der Waals surface area contributed by atoms with Crippen molar-refractivity contribution in [2.75, 3.05) is 32.7 Å². The van der Waals surface area contributed by atoms with Crippen LogP contribution < -0.4 is 10.1 Å². The van der Waals surface area contributed by atoms with Crippen LogP contribution in [-0.2, 0) is 20.9 Å². The molecule has 1 N–H and O–H groups in total. The summed E-state index contributed by atoms with van der Waals surface area (Å²) in [6, 6.07) is 9.11. The van der Waals surface area contributed by atoms with Crippen molar-refractivity contribution in [3.63, 3.8) is 0 Å². The molecule has 7 nitrogen and oxygen atoms in total. The third-order valence-electron chi connectivity index (χ3n) is 4.57. The molecule has 2 amide bonds. The first kappa shape index (κ1) is 18.8. The van der Waals surface area contributed by atoms with Gasteiger partial charge in [-0.15, -0.1) is 0 Å². The Morgan fingerprint density at radius 1 is 1.33 bits per heavy atom. The summed E-state index contributed by atoms with van der Waals surface area (Å²) >= 11 is 0. The third-order valence-corrected chi connectivity index (χ3v) is 4.57. The standard InChI is InChI=1S/C20H23N3O4/c1-26-9-8-23(13-14-4-3-7-21-12-14)20(25)17-11-19(24)22-18-6-5-15(27-2)10-16(17)18/h3-7,10,12,17H,8-9,11,13H2,1-2H3,(H,22,24). The number of rotatable bonds is 7. The Hall–Kier alpha value is -2.93. The van der Waals surface area contributed by atoms with Gasteiger partial charge < -0.3 is 19.7 Å². The fourth-order valence-corrected chi connectivity index (χ4v) is 3.19. The first-order valence-corrected chi connectivity index (χ1v) is 8.76. The van der Waals surface area contributed by atoms with Gasteiger partial charge in [0.1, 0.15) is 5.75 Å². The normalized spacial score (nSPS) is 15.6. The monoisotopic (exact) mass is 369 g/mol. The van der Waals surface area contributed by atoms with Crippen molar-refractivity contribution in [2.45, 2.75) is 18.9 Å². The fraction of sp³-hybridized carbons (Fsp3) is 0.350. The lowest BCUT2D eigenvalue weighted by Crippen LogP contribution is -2.40. The highest BCUT2D eigenvalue weighted by Gasteiger charge is 2.33. The van der Waals surface area contributed by atoms with E-state index in [0.717, 1.165) is 11.1 Å². The summed E-state index contributed by atoms with van der Waals surface area (Å²) < 4.78 is 10.5. The first-order valence-electron chi connectivity index (χ1n) is 8.76. The van der Waals surface area contributed by atoms with Crippen molar-refractivity contribution in [1.29, 1.82) is 0 Å². The number of benzene rings is 1. The van der Waals surface area contributed by atoms with Gasteiger partial charge in [0.15, 0.2) is 0 Å². The van der Waals surface area contributed by atoms with E-state index in [0.29, 0.717) is 31.1 Å². The summed E-state index contributed by atoms with van der Waals surface area (Å²) in [7, 11) is 3.17. The Balaban J connectivity index is 1.89. The number of nitrogens with one attached hydrogen (secondary N) is 1. The lowest BCUT2D eigenvalue weighted by molar-refractivity contribution is -0.136. The molecule has 1 aromatic heterocycles. The number of amides is 2. The summed E-state index contributed by atoms with van der Waals surface area (Å²) in [4.78, 5) is 31.3. The summed E-state index contributed by atoms with van der Waals surface area (Å²) in [5, 5.41) is 2.83. The van der Waals surface area contributed by atoms with Crippen LogP contribution in [-0.4, -0.2) is 49.1 Å². The highest BCUT2D eigenvalue weighted by Crippen LogP contribution is 2.36. The second-order valence-corrected chi connectivity index (χ2v) is 6.37. The molecule has 0 saturated heterocycles. The van der Waals surface area contributed by atoms with Gasteiger partial charge in [0.2, 0.25) is 11.8 Å². The van der Waals surface area contributed by atoms with Crippen LogP contribution in [0.1, 0.15) is 23.5 Å². The number of nitrogens with zero attached hydrogens (tertiary/aromatic N) is 2. The number of hydrogen-bond acceptors (Lipinski definition) is 5. The molecule has 2 heterocycles. The van der Waals surface area contributed by atoms with Crippen LogP contribution in [0.25, 0.3) is 0 Å². The van der Waals surface area contributed by atoms with E-state index in [-0.39, 0.29) is 18.2 Å². The molecule has 0 bridgehead atoms. The Bertz CT molecular complexity index is 810. The molecule has 27 heavy (non-hydrogen) atoms. The molecule has 1 atom stereocenters. The molecule has 0 fully saturated rings. The Morgan fingerprint density at radius 2 is 2.19 bits per heavy atom. The van der Waals surface area contributed by atoms with Crippen LogP contribution in [0.5, 0.6) is 5.75 Å². The molecule has 2 aromatic rings. The molecule has 1 aromatic carbocycles. The van der Waals surface area contributed by atoms with Crippen LogP contribution >= 0.6 is 0 Å². The van der Waals surface area contributed by atoms with Gasteiger partial charge in [-0.3, -0.25) is 14.6 Å². The molecule has 3 rings (SSSR count). The van der Waals surface area contributed by atoms with Crippen molar-refractivity contribution >= 4 is 17.5 Å². The van der Waals surface area contributed by atoms with Gasteiger partial charge in [-0.25, -0.2) is 0 Å². The molecule has 1 unspecified atom stereocenters. The van der Waals surface area contributed by atoms with E-state index in [1.165, 1.54) is 0 Å². The number of methoxy groups -OCH3 is 2. The average molecular weight is 369 g/mol. The Morgan fingerprint density at radius 3 is 2.89 bits per heavy atom. The molecule has 0 saturated carbocycles. The number of anilines is 1. The average Bonchev–Trinajstić information content (AvgIpc) is 2.70. The van der Waals surface area contributed by atoms with Gasteiger partial charge in [0, 0.05) is 44.7 Å². The minimum absolute atomic E-state index is 0.107. The summed E-state index contributed by atoms with van der Waals surface area (Å²) in [5.41, 5.74) is 2.35. The Kier molecular flexibility index (Phi) is 6.03. The maximum absolute atomic E-state index is 13.3. The number of carbonyl (C=O) groups is 2. The number of carbonyl (C=O) groups excluding carboxylic acids is 2. The minimum Gasteiger partial charge on any atom is -0.497 e. The van der Waals surface area contributed by atoms with E-state index in [1.807, 2.05) is 18.2 Å². The van der Waals surface area contributed by atoms with Crippen LogP contribution in [0, 0.1) is 0 Å². The topological polar surface area (TPSA) is 80.8 Å².